The number of nitrogens with zero attached hydrogens (tertiary/aromatic N) is 1. The highest BCUT2D eigenvalue weighted by molar-refractivity contribution is 5.94. The molecule has 0 aliphatic carbocycles. The van der Waals surface area contributed by atoms with Gasteiger partial charge >= 0.3 is 5.97 Å². The van der Waals surface area contributed by atoms with E-state index in [4.69, 9.17) is 19.3 Å². The normalized spacial score (nSPS) is 23.4. The van der Waals surface area contributed by atoms with E-state index < -0.39 is 12.1 Å². The van der Waals surface area contributed by atoms with Gasteiger partial charge in [-0.05, 0) is 37.1 Å². The third-order valence-electron chi connectivity index (χ3n) is 4.39. The van der Waals surface area contributed by atoms with Crippen LogP contribution in [0.5, 0.6) is 5.75 Å². The van der Waals surface area contributed by atoms with E-state index in [1.807, 2.05) is 0 Å². The number of carboxylic acids is 1. The molecular formula is C18H23NO6. The van der Waals surface area contributed by atoms with Crippen molar-refractivity contribution >= 4 is 11.9 Å². The first-order chi connectivity index (χ1) is 12.1. The number of ether oxygens (including phenoxy) is 3. The van der Waals surface area contributed by atoms with E-state index in [0.29, 0.717) is 37.6 Å². The maximum absolute atomic E-state index is 12.6. The van der Waals surface area contributed by atoms with Crippen LogP contribution in [0, 0.1) is 0 Å². The SMILES string of the molecule is O=C(O)C[C@@H]1CN(C(=O)c2ccc(OC[C@H]3CCCO3)cc2)CCO1. The van der Waals surface area contributed by atoms with Crippen LogP contribution in [0.3, 0.4) is 0 Å². The van der Waals surface area contributed by atoms with Gasteiger partial charge in [0, 0.05) is 25.3 Å². The summed E-state index contributed by atoms with van der Waals surface area (Å²) in [6, 6.07) is 7.01. The minimum atomic E-state index is -0.924. The van der Waals surface area contributed by atoms with Gasteiger partial charge in [-0.2, -0.15) is 0 Å². The minimum absolute atomic E-state index is 0.0974. The van der Waals surface area contributed by atoms with Gasteiger partial charge in [0.05, 0.1) is 25.2 Å². The average Bonchev–Trinajstić information content (AvgIpc) is 3.13. The van der Waals surface area contributed by atoms with Gasteiger partial charge in [0.15, 0.2) is 0 Å². The molecular weight excluding hydrogens is 326 g/mol. The van der Waals surface area contributed by atoms with E-state index in [1.165, 1.54) is 0 Å². The first-order valence-electron chi connectivity index (χ1n) is 8.59. The molecule has 1 aromatic rings. The second-order valence-corrected chi connectivity index (χ2v) is 6.31. The van der Waals surface area contributed by atoms with Gasteiger partial charge in [0.1, 0.15) is 12.4 Å². The Morgan fingerprint density at radius 3 is 2.60 bits per heavy atom. The summed E-state index contributed by atoms with van der Waals surface area (Å²) in [5, 5.41) is 8.86. The van der Waals surface area contributed by atoms with Crippen molar-refractivity contribution in [1.82, 2.24) is 4.90 Å². The van der Waals surface area contributed by atoms with Crippen molar-refractivity contribution < 1.29 is 28.9 Å². The fourth-order valence-corrected chi connectivity index (χ4v) is 3.06. The lowest BCUT2D eigenvalue weighted by Gasteiger charge is -2.32. The molecule has 1 amide bonds. The Morgan fingerprint density at radius 2 is 1.92 bits per heavy atom. The largest absolute Gasteiger partial charge is 0.491 e. The van der Waals surface area contributed by atoms with Gasteiger partial charge in [-0.3, -0.25) is 9.59 Å². The first-order valence-corrected chi connectivity index (χ1v) is 8.59. The summed E-state index contributed by atoms with van der Waals surface area (Å²) in [6.07, 6.45) is 1.69. The molecule has 0 aromatic heterocycles. The molecule has 0 radical (unpaired) electrons. The summed E-state index contributed by atoms with van der Waals surface area (Å²) >= 11 is 0. The average molecular weight is 349 g/mol. The van der Waals surface area contributed by atoms with Gasteiger partial charge in [-0.25, -0.2) is 0 Å². The van der Waals surface area contributed by atoms with E-state index in [0.717, 1.165) is 19.4 Å². The molecule has 1 aromatic carbocycles. The van der Waals surface area contributed by atoms with E-state index in [-0.39, 0.29) is 18.4 Å². The van der Waals surface area contributed by atoms with Crippen molar-refractivity contribution in [3.63, 3.8) is 0 Å². The molecule has 1 N–H and O–H groups in total. The number of carboxylic acid groups (broad SMARTS) is 1. The molecule has 136 valence electrons. The number of hydrogen-bond acceptors (Lipinski definition) is 5. The lowest BCUT2D eigenvalue weighted by atomic mass is 10.1. The van der Waals surface area contributed by atoms with Crippen molar-refractivity contribution in [3.8, 4) is 5.75 Å². The molecule has 7 heteroatoms. The Hall–Kier alpha value is -2.12. The van der Waals surface area contributed by atoms with Gasteiger partial charge in [-0.15, -0.1) is 0 Å². The number of carbonyl (C=O) groups excluding carboxylic acids is 1. The summed E-state index contributed by atoms with van der Waals surface area (Å²) in [6.45, 7) is 2.43. The Bertz CT molecular complexity index is 596. The Labute approximate surface area is 146 Å². The number of carbonyl (C=O) groups is 2. The van der Waals surface area contributed by atoms with Crippen LogP contribution in [-0.2, 0) is 14.3 Å². The maximum Gasteiger partial charge on any atom is 0.306 e. The summed E-state index contributed by atoms with van der Waals surface area (Å²) < 4.78 is 16.6. The number of aliphatic carboxylic acids is 1. The van der Waals surface area contributed by atoms with E-state index in [9.17, 15) is 9.59 Å². The summed E-state index contributed by atoms with van der Waals surface area (Å²) in [5.41, 5.74) is 0.556. The summed E-state index contributed by atoms with van der Waals surface area (Å²) in [5.74, 6) is -0.339. The lowest BCUT2D eigenvalue weighted by molar-refractivity contribution is -0.141. The number of amides is 1. The Balaban J connectivity index is 1.53. The zero-order valence-corrected chi connectivity index (χ0v) is 14.1. The highest BCUT2D eigenvalue weighted by Gasteiger charge is 2.26. The Kier molecular flexibility index (Phi) is 5.88. The molecule has 0 spiro atoms. The van der Waals surface area contributed by atoms with Gasteiger partial charge in [0.25, 0.3) is 5.91 Å². The smallest absolute Gasteiger partial charge is 0.306 e. The van der Waals surface area contributed by atoms with E-state index >= 15 is 0 Å². The van der Waals surface area contributed by atoms with Crippen molar-refractivity contribution in [2.75, 3.05) is 32.9 Å². The standard InChI is InChI=1S/C18H23NO6/c20-17(21)10-16-11-19(7-9-24-16)18(22)13-3-5-14(6-4-13)25-12-15-2-1-8-23-15/h3-6,15-16H,1-2,7-12H2,(H,20,21)/t15-,16-/m1/s1. The van der Waals surface area contributed by atoms with Crippen molar-refractivity contribution in [2.24, 2.45) is 0 Å². The molecule has 2 heterocycles. The Morgan fingerprint density at radius 1 is 1.16 bits per heavy atom. The van der Waals surface area contributed by atoms with Crippen molar-refractivity contribution in [1.29, 1.82) is 0 Å². The molecule has 3 rings (SSSR count). The highest BCUT2D eigenvalue weighted by Crippen LogP contribution is 2.18. The van der Waals surface area contributed by atoms with E-state index in [1.54, 1.807) is 29.2 Å². The predicted molar refractivity (Wildman–Crippen MR) is 88.8 cm³/mol. The van der Waals surface area contributed by atoms with Gasteiger partial charge in [0.2, 0.25) is 0 Å². The molecule has 2 aliphatic rings. The summed E-state index contributed by atoms with van der Waals surface area (Å²) in [7, 11) is 0. The van der Waals surface area contributed by atoms with Gasteiger partial charge in [-0.1, -0.05) is 0 Å². The number of hydrogen-bond donors (Lipinski definition) is 1. The lowest BCUT2D eigenvalue weighted by Crippen LogP contribution is -2.46. The highest BCUT2D eigenvalue weighted by atomic mass is 16.5. The maximum atomic E-state index is 12.6. The minimum Gasteiger partial charge on any atom is -0.491 e. The molecule has 25 heavy (non-hydrogen) atoms. The molecule has 2 atom stereocenters. The molecule has 2 saturated heterocycles. The number of rotatable bonds is 6. The molecule has 0 unspecified atom stereocenters. The third-order valence-corrected chi connectivity index (χ3v) is 4.39. The molecule has 0 bridgehead atoms. The molecule has 7 nitrogen and oxygen atoms in total. The summed E-state index contributed by atoms with van der Waals surface area (Å²) in [4.78, 5) is 25.0. The van der Waals surface area contributed by atoms with Gasteiger partial charge < -0.3 is 24.2 Å². The van der Waals surface area contributed by atoms with Crippen LogP contribution in [-0.4, -0.2) is 67.0 Å². The second-order valence-electron chi connectivity index (χ2n) is 6.31. The zero-order chi connectivity index (χ0) is 17.6. The van der Waals surface area contributed by atoms with Crippen LogP contribution in [0.15, 0.2) is 24.3 Å². The first kappa shape index (κ1) is 17.7. The fraction of sp³-hybridized carbons (Fsp3) is 0.556. The molecule has 0 saturated carbocycles. The van der Waals surface area contributed by atoms with Crippen LogP contribution in [0.4, 0.5) is 0 Å². The van der Waals surface area contributed by atoms with Crippen LogP contribution < -0.4 is 4.74 Å². The molecule has 2 aliphatic heterocycles. The third kappa shape index (κ3) is 4.93. The quantitative estimate of drug-likeness (QED) is 0.839. The van der Waals surface area contributed by atoms with Crippen LogP contribution in [0.2, 0.25) is 0 Å². The monoisotopic (exact) mass is 349 g/mol. The van der Waals surface area contributed by atoms with Crippen LogP contribution in [0.25, 0.3) is 0 Å². The van der Waals surface area contributed by atoms with Crippen molar-refractivity contribution in [3.05, 3.63) is 29.8 Å². The van der Waals surface area contributed by atoms with Crippen molar-refractivity contribution in [2.45, 2.75) is 31.5 Å². The number of morpholine rings is 1. The van der Waals surface area contributed by atoms with Crippen LogP contribution >= 0.6 is 0 Å². The number of benzene rings is 1. The fourth-order valence-electron chi connectivity index (χ4n) is 3.06. The predicted octanol–water partition coefficient (Wildman–Crippen LogP) is 1.56. The topological polar surface area (TPSA) is 85.3 Å². The van der Waals surface area contributed by atoms with Crippen LogP contribution in [0.1, 0.15) is 29.6 Å². The molecule has 2 fully saturated rings. The second kappa shape index (κ2) is 8.31. The zero-order valence-electron chi connectivity index (χ0n) is 14.1. The van der Waals surface area contributed by atoms with E-state index in [2.05, 4.69) is 0 Å².